The number of methoxy groups -OCH3 is 3. The predicted octanol–water partition coefficient (Wildman–Crippen LogP) is 3.82. The lowest BCUT2D eigenvalue weighted by Crippen LogP contribution is -2.22. The number of nitrogens with zero attached hydrogens (tertiary/aromatic N) is 1. The highest BCUT2D eigenvalue weighted by atomic mass is 127. The van der Waals surface area contributed by atoms with Crippen molar-refractivity contribution >= 4 is 35.6 Å². The third kappa shape index (κ3) is 5.69. The zero-order valence-corrected chi connectivity index (χ0v) is 17.9. The Morgan fingerprint density at radius 1 is 1.04 bits per heavy atom. The Bertz CT molecular complexity index is 726. The van der Waals surface area contributed by atoms with E-state index < -0.39 is 0 Å². The van der Waals surface area contributed by atoms with E-state index in [-0.39, 0.29) is 24.0 Å². The van der Waals surface area contributed by atoms with Crippen molar-refractivity contribution in [2.75, 3.05) is 26.6 Å². The van der Waals surface area contributed by atoms with Crippen LogP contribution in [0.2, 0.25) is 0 Å². The van der Waals surface area contributed by atoms with Gasteiger partial charge in [-0.25, -0.2) is 4.99 Å². The molecule has 142 valence electrons. The first-order chi connectivity index (χ1) is 12.1. The number of anilines is 1. The summed E-state index contributed by atoms with van der Waals surface area (Å²) in [5.41, 5.74) is 8.96. The maximum atomic E-state index is 6.02. The van der Waals surface area contributed by atoms with Crippen molar-refractivity contribution in [3.63, 3.8) is 0 Å². The van der Waals surface area contributed by atoms with Crippen molar-refractivity contribution in [2.45, 2.75) is 19.9 Å². The van der Waals surface area contributed by atoms with Gasteiger partial charge in [0.05, 0.1) is 33.4 Å². The van der Waals surface area contributed by atoms with Gasteiger partial charge in [0.1, 0.15) is 17.2 Å². The SMILES string of the molecule is CCc1cccc(NC(N)=NCc2c(OC)cc(OC)cc2OC)c1.I. The zero-order valence-electron chi connectivity index (χ0n) is 15.5. The molecule has 0 amide bonds. The van der Waals surface area contributed by atoms with Gasteiger partial charge in [0.15, 0.2) is 5.96 Å². The molecule has 0 unspecified atom stereocenters. The Kier molecular flexibility index (Phi) is 9.04. The second-order valence-corrected chi connectivity index (χ2v) is 5.39. The summed E-state index contributed by atoms with van der Waals surface area (Å²) < 4.78 is 16.1. The third-order valence-corrected chi connectivity index (χ3v) is 3.83. The van der Waals surface area contributed by atoms with Gasteiger partial charge in [0.25, 0.3) is 0 Å². The molecule has 3 N–H and O–H groups in total. The van der Waals surface area contributed by atoms with Gasteiger partial charge in [-0.2, -0.15) is 0 Å². The first kappa shape index (κ1) is 21.9. The average molecular weight is 471 g/mol. The van der Waals surface area contributed by atoms with Gasteiger partial charge >= 0.3 is 0 Å². The quantitative estimate of drug-likeness (QED) is 0.365. The van der Waals surface area contributed by atoms with E-state index in [4.69, 9.17) is 19.9 Å². The van der Waals surface area contributed by atoms with Crippen LogP contribution in [0.1, 0.15) is 18.1 Å². The molecule has 7 heteroatoms. The fourth-order valence-electron chi connectivity index (χ4n) is 2.45. The highest BCUT2D eigenvalue weighted by Gasteiger charge is 2.13. The molecule has 0 aliphatic rings. The van der Waals surface area contributed by atoms with Crippen molar-refractivity contribution in [3.05, 3.63) is 47.5 Å². The lowest BCUT2D eigenvalue weighted by Gasteiger charge is -2.14. The van der Waals surface area contributed by atoms with Crippen LogP contribution in [0.3, 0.4) is 0 Å². The highest BCUT2D eigenvalue weighted by molar-refractivity contribution is 14.0. The summed E-state index contributed by atoms with van der Waals surface area (Å²) >= 11 is 0. The van der Waals surface area contributed by atoms with Crippen LogP contribution in [-0.4, -0.2) is 27.3 Å². The summed E-state index contributed by atoms with van der Waals surface area (Å²) in [6.45, 7) is 2.43. The predicted molar refractivity (Wildman–Crippen MR) is 116 cm³/mol. The summed E-state index contributed by atoms with van der Waals surface area (Å²) in [6, 6.07) is 11.7. The van der Waals surface area contributed by atoms with Crippen LogP contribution < -0.4 is 25.3 Å². The lowest BCUT2D eigenvalue weighted by molar-refractivity contribution is 0.369. The minimum absolute atomic E-state index is 0. The van der Waals surface area contributed by atoms with Crippen molar-refractivity contribution in [2.24, 2.45) is 10.7 Å². The van der Waals surface area contributed by atoms with Crippen LogP contribution in [0.25, 0.3) is 0 Å². The Labute approximate surface area is 171 Å². The largest absolute Gasteiger partial charge is 0.496 e. The maximum absolute atomic E-state index is 6.02. The molecule has 0 aliphatic carbocycles. The first-order valence-corrected chi connectivity index (χ1v) is 8.06. The molecule has 0 radical (unpaired) electrons. The van der Waals surface area contributed by atoms with E-state index in [1.165, 1.54) is 5.56 Å². The van der Waals surface area contributed by atoms with E-state index in [9.17, 15) is 0 Å². The number of aliphatic imine (C=N–C) groups is 1. The number of hydrogen-bond donors (Lipinski definition) is 2. The number of halogens is 1. The van der Waals surface area contributed by atoms with E-state index in [1.807, 2.05) is 12.1 Å². The van der Waals surface area contributed by atoms with Gasteiger partial charge in [0.2, 0.25) is 0 Å². The molecular formula is C19H26IN3O3. The minimum atomic E-state index is 0. The molecule has 0 bridgehead atoms. The number of benzene rings is 2. The van der Waals surface area contributed by atoms with Crippen LogP contribution in [0, 0.1) is 0 Å². The number of aryl methyl sites for hydroxylation is 1. The van der Waals surface area contributed by atoms with Crippen LogP contribution in [0.4, 0.5) is 5.69 Å². The van der Waals surface area contributed by atoms with Gasteiger partial charge in [-0.15, -0.1) is 24.0 Å². The van der Waals surface area contributed by atoms with Gasteiger partial charge in [-0.05, 0) is 24.1 Å². The third-order valence-electron chi connectivity index (χ3n) is 3.83. The number of ether oxygens (including phenoxy) is 3. The molecule has 0 aliphatic heterocycles. The standard InChI is InChI=1S/C19H25N3O3.HI/c1-5-13-7-6-8-14(9-13)22-19(20)21-12-16-17(24-3)10-15(23-2)11-18(16)25-4;/h6-11H,5,12H2,1-4H3,(H3,20,21,22);1H. The second kappa shape index (κ2) is 10.7. The number of guanidine groups is 1. The van der Waals surface area contributed by atoms with E-state index in [1.54, 1.807) is 33.5 Å². The summed E-state index contributed by atoms with van der Waals surface area (Å²) in [5, 5.41) is 3.11. The Morgan fingerprint density at radius 3 is 2.23 bits per heavy atom. The van der Waals surface area contributed by atoms with E-state index in [0.717, 1.165) is 17.7 Å². The van der Waals surface area contributed by atoms with Crippen LogP contribution in [0.15, 0.2) is 41.4 Å². The molecular weight excluding hydrogens is 445 g/mol. The minimum Gasteiger partial charge on any atom is -0.496 e. The summed E-state index contributed by atoms with van der Waals surface area (Å²) in [4.78, 5) is 4.40. The molecule has 2 rings (SSSR count). The van der Waals surface area contributed by atoms with Gasteiger partial charge in [-0.1, -0.05) is 19.1 Å². The Morgan fingerprint density at radius 2 is 1.69 bits per heavy atom. The smallest absolute Gasteiger partial charge is 0.193 e. The summed E-state index contributed by atoms with van der Waals surface area (Å²) in [6.07, 6.45) is 0.965. The van der Waals surface area contributed by atoms with Gasteiger partial charge < -0.3 is 25.3 Å². The van der Waals surface area contributed by atoms with E-state index >= 15 is 0 Å². The Balaban J connectivity index is 0.00000338. The van der Waals surface area contributed by atoms with Crippen LogP contribution >= 0.6 is 24.0 Å². The number of hydrogen-bond acceptors (Lipinski definition) is 4. The molecule has 2 aromatic carbocycles. The molecule has 6 nitrogen and oxygen atoms in total. The molecule has 0 spiro atoms. The normalized spacial score (nSPS) is 10.7. The molecule has 0 atom stereocenters. The fraction of sp³-hybridized carbons (Fsp3) is 0.316. The highest BCUT2D eigenvalue weighted by Crippen LogP contribution is 2.34. The number of nitrogens with one attached hydrogen (secondary N) is 1. The molecule has 0 heterocycles. The number of nitrogens with two attached hydrogens (primary N) is 1. The molecule has 0 fully saturated rings. The lowest BCUT2D eigenvalue weighted by atomic mass is 10.1. The van der Waals surface area contributed by atoms with Crippen LogP contribution in [0.5, 0.6) is 17.2 Å². The fourth-order valence-corrected chi connectivity index (χ4v) is 2.45. The van der Waals surface area contributed by atoms with Crippen molar-refractivity contribution in [1.82, 2.24) is 0 Å². The molecule has 26 heavy (non-hydrogen) atoms. The topological polar surface area (TPSA) is 78.1 Å². The molecule has 0 saturated carbocycles. The maximum Gasteiger partial charge on any atom is 0.193 e. The summed E-state index contributed by atoms with van der Waals surface area (Å²) in [5.74, 6) is 2.26. The first-order valence-electron chi connectivity index (χ1n) is 8.06. The van der Waals surface area contributed by atoms with E-state index in [2.05, 4.69) is 29.4 Å². The molecule has 2 aromatic rings. The van der Waals surface area contributed by atoms with E-state index in [0.29, 0.717) is 29.8 Å². The zero-order chi connectivity index (χ0) is 18.2. The average Bonchev–Trinajstić information content (AvgIpc) is 2.65. The molecule has 0 saturated heterocycles. The second-order valence-electron chi connectivity index (χ2n) is 5.39. The number of rotatable bonds is 7. The monoisotopic (exact) mass is 471 g/mol. The Hall–Kier alpha value is -2.16. The van der Waals surface area contributed by atoms with Crippen molar-refractivity contribution < 1.29 is 14.2 Å². The van der Waals surface area contributed by atoms with Crippen LogP contribution in [-0.2, 0) is 13.0 Å². The van der Waals surface area contributed by atoms with Crippen molar-refractivity contribution in [1.29, 1.82) is 0 Å². The van der Waals surface area contributed by atoms with Gasteiger partial charge in [0, 0.05) is 17.8 Å². The summed E-state index contributed by atoms with van der Waals surface area (Å²) in [7, 11) is 4.79. The van der Waals surface area contributed by atoms with Gasteiger partial charge in [-0.3, -0.25) is 0 Å². The molecule has 0 aromatic heterocycles. The van der Waals surface area contributed by atoms with Crippen molar-refractivity contribution in [3.8, 4) is 17.2 Å².